The predicted molar refractivity (Wildman–Crippen MR) is 65.7 cm³/mol. The molecule has 0 fully saturated rings. The average Bonchev–Trinajstić information content (AvgIpc) is 2.56. The number of allylic oxidation sites excluding steroid dienone is 1. The third kappa shape index (κ3) is 2.22. The number of hydrogen-bond acceptors (Lipinski definition) is 5. The Morgan fingerprint density at radius 3 is 2.56 bits per heavy atom. The lowest BCUT2D eigenvalue weighted by Crippen LogP contribution is -2.19. The third-order valence-electron chi connectivity index (χ3n) is 2.08. The smallest absolute Gasteiger partial charge is 0.359 e. The van der Waals surface area contributed by atoms with Gasteiger partial charge in [-0.15, -0.1) is 0 Å². The van der Waals surface area contributed by atoms with Crippen LogP contribution in [0.15, 0.2) is 39.3 Å². The van der Waals surface area contributed by atoms with Crippen molar-refractivity contribution in [2.45, 2.75) is 0 Å². The van der Waals surface area contributed by atoms with E-state index in [1.165, 1.54) is 12.1 Å². The van der Waals surface area contributed by atoms with Crippen molar-refractivity contribution >= 4 is 33.8 Å². The summed E-state index contributed by atoms with van der Waals surface area (Å²) in [6.07, 6.45) is 0.887. The van der Waals surface area contributed by atoms with Gasteiger partial charge in [-0.25, -0.2) is 4.79 Å². The van der Waals surface area contributed by atoms with Gasteiger partial charge in [-0.3, -0.25) is 0 Å². The fourth-order valence-electron chi connectivity index (χ4n) is 1.28. The lowest BCUT2D eigenvalue weighted by Gasteiger charge is -2.06. The Kier molecular flexibility index (Phi) is 3.10. The molecule has 6 nitrogen and oxygen atoms in total. The molecule has 0 radical (unpaired) electrons. The van der Waals surface area contributed by atoms with Crippen LogP contribution in [0.25, 0.3) is 0 Å². The molecule has 1 aromatic carbocycles. The predicted octanol–water partition coefficient (Wildman–Crippen LogP) is 0.830. The van der Waals surface area contributed by atoms with Crippen LogP contribution in [0.4, 0.5) is 0 Å². The maximum absolute atomic E-state index is 11.7. The van der Waals surface area contributed by atoms with Gasteiger partial charge < -0.3 is 10.5 Å². The van der Waals surface area contributed by atoms with Gasteiger partial charge in [0, 0.05) is 0 Å². The fourth-order valence-corrected chi connectivity index (χ4v) is 2.42. The van der Waals surface area contributed by atoms with Crippen LogP contribution in [0.1, 0.15) is 0 Å². The Balaban J connectivity index is 2.31. The molecule has 0 spiro atoms. The molecule has 0 atom stereocenters. The highest BCUT2D eigenvalue weighted by Crippen LogP contribution is 2.26. The molecule has 0 saturated heterocycles. The van der Waals surface area contributed by atoms with Gasteiger partial charge in [0.25, 0.3) is 10.0 Å². The van der Waals surface area contributed by atoms with Crippen LogP contribution in [0.5, 0.6) is 5.75 Å². The van der Waals surface area contributed by atoms with E-state index in [-0.39, 0.29) is 16.5 Å². The molecular formula is C10H7ClN2O4S. The van der Waals surface area contributed by atoms with Crippen molar-refractivity contribution in [3.05, 3.63) is 39.9 Å². The first kappa shape index (κ1) is 12.6. The molecule has 2 rings (SSSR count). The highest BCUT2D eigenvalue weighted by Gasteiger charge is 2.33. The highest BCUT2D eigenvalue weighted by atomic mass is 35.5. The van der Waals surface area contributed by atoms with Crippen molar-refractivity contribution in [2.24, 2.45) is 10.1 Å². The van der Waals surface area contributed by atoms with Gasteiger partial charge in [-0.1, -0.05) is 23.7 Å². The van der Waals surface area contributed by atoms with Crippen molar-refractivity contribution in [1.82, 2.24) is 0 Å². The molecule has 1 aliphatic rings. The normalized spacial score (nSPS) is 16.9. The van der Waals surface area contributed by atoms with E-state index in [1.54, 1.807) is 12.1 Å². The molecule has 1 heterocycles. The Labute approximate surface area is 108 Å². The number of benzene rings is 1. The van der Waals surface area contributed by atoms with E-state index in [9.17, 15) is 13.2 Å². The number of esters is 1. The summed E-state index contributed by atoms with van der Waals surface area (Å²) in [5.41, 5.74) is 5.11. The molecule has 0 amide bonds. The van der Waals surface area contributed by atoms with Crippen LogP contribution in [-0.2, 0) is 14.8 Å². The Bertz CT molecular complexity index is 679. The molecule has 1 aromatic rings. The van der Waals surface area contributed by atoms with E-state index in [1.807, 2.05) is 0 Å². The monoisotopic (exact) mass is 286 g/mol. The number of para-hydroxylation sites is 1. The van der Waals surface area contributed by atoms with Gasteiger partial charge in [0.1, 0.15) is 5.75 Å². The van der Waals surface area contributed by atoms with Gasteiger partial charge in [0.2, 0.25) is 0 Å². The number of nitrogens with two attached hydrogens (primary N) is 1. The summed E-state index contributed by atoms with van der Waals surface area (Å²) in [5, 5.41) is 0.182. The van der Waals surface area contributed by atoms with Crippen LogP contribution in [-0.4, -0.2) is 20.6 Å². The van der Waals surface area contributed by atoms with E-state index in [0.717, 1.165) is 6.21 Å². The summed E-state index contributed by atoms with van der Waals surface area (Å²) < 4.78 is 30.8. The van der Waals surface area contributed by atoms with Crippen molar-refractivity contribution in [3.8, 4) is 5.75 Å². The Hall–Kier alpha value is -1.86. The lowest BCUT2D eigenvalue weighted by atomic mass is 10.3. The molecule has 2 N–H and O–H groups in total. The van der Waals surface area contributed by atoms with Gasteiger partial charge in [0.15, 0.2) is 4.91 Å². The fraction of sp³-hybridized carbons (Fsp3) is 0. The second kappa shape index (κ2) is 4.43. The lowest BCUT2D eigenvalue weighted by molar-refractivity contribution is -0.129. The first-order valence-electron chi connectivity index (χ1n) is 4.68. The minimum atomic E-state index is -4.06. The van der Waals surface area contributed by atoms with Gasteiger partial charge in [-0.2, -0.15) is 12.8 Å². The zero-order chi connectivity index (χ0) is 13.3. The molecule has 94 valence electrons. The topological polar surface area (TPSA) is 98.8 Å². The number of carbonyl (C=O) groups is 1. The molecule has 0 bridgehead atoms. The number of nitrogens with zero attached hydrogens (tertiary/aromatic N) is 1. The van der Waals surface area contributed by atoms with Crippen molar-refractivity contribution in [3.63, 3.8) is 0 Å². The number of rotatable bonds is 2. The number of carbonyl (C=O) groups excluding carboxylic acids is 1. The summed E-state index contributed by atoms with van der Waals surface area (Å²) in [6, 6.07) is 6.16. The standard InChI is InChI=1S/C10H7ClN2O4S/c11-6-3-1-2-4-8(6)17-10(14)9-7(12)5-13-18(9,15)16/h1-5H,12H2. The average molecular weight is 287 g/mol. The van der Waals surface area contributed by atoms with Crippen molar-refractivity contribution < 1.29 is 17.9 Å². The number of halogens is 1. The van der Waals surface area contributed by atoms with Crippen LogP contribution in [0.3, 0.4) is 0 Å². The zero-order valence-electron chi connectivity index (χ0n) is 8.83. The van der Waals surface area contributed by atoms with Crippen LogP contribution < -0.4 is 10.5 Å². The quantitative estimate of drug-likeness (QED) is 0.641. The van der Waals surface area contributed by atoms with E-state index in [2.05, 4.69) is 4.40 Å². The zero-order valence-corrected chi connectivity index (χ0v) is 10.4. The van der Waals surface area contributed by atoms with Gasteiger partial charge in [-0.05, 0) is 12.1 Å². The number of ether oxygens (including phenoxy) is 1. The first-order chi connectivity index (χ1) is 8.42. The molecule has 18 heavy (non-hydrogen) atoms. The molecule has 0 unspecified atom stereocenters. The minimum absolute atomic E-state index is 0.0477. The molecule has 0 aromatic heterocycles. The maximum Gasteiger partial charge on any atom is 0.359 e. The molecule has 8 heteroatoms. The summed E-state index contributed by atoms with van der Waals surface area (Å²) >= 11 is 5.78. The SMILES string of the molecule is NC1=C(C(=O)Oc2ccccc2Cl)S(=O)(=O)N=C1. The third-order valence-corrected chi connectivity index (χ3v) is 3.69. The van der Waals surface area contributed by atoms with Crippen LogP contribution in [0.2, 0.25) is 5.02 Å². The van der Waals surface area contributed by atoms with Crippen LogP contribution >= 0.6 is 11.6 Å². The van der Waals surface area contributed by atoms with Crippen molar-refractivity contribution in [2.75, 3.05) is 0 Å². The summed E-state index contributed by atoms with van der Waals surface area (Å²) in [4.78, 5) is 11.0. The van der Waals surface area contributed by atoms with E-state index in [0.29, 0.717) is 0 Å². The van der Waals surface area contributed by atoms with E-state index >= 15 is 0 Å². The Morgan fingerprint density at radius 2 is 2.00 bits per heavy atom. The van der Waals surface area contributed by atoms with Gasteiger partial charge >= 0.3 is 5.97 Å². The highest BCUT2D eigenvalue weighted by molar-refractivity contribution is 7.95. The minimum Gasteiger partial charge on any atom is -0.421 e. The van der Waals surface area contributed by atoms with Crippen molar-refractivity contribution in [1.29, 1.82) is 0 Å². The first-order valence-corrected chi connectivity index (χ1v) is 6.50. The van der Waals surface area contributed by atoms with E-state index < -0.39 is 20.9 Å². The second-order valence-corrected chi connectivity index (χ2v) is 5.29. The molecule has 0 aliphatic carbocycles. The number of sulfonamides is 1. The summed E-state index contributed by atoms with van der Waals surface area (Å²) in [7, 11) is -4.06. The summed E-state index contributed by atoms with van der Waals surface area (Å²) in [6.45, 7) is 0. The van der Waals surface area contributed by atoms with E-state index in [4.69, 9.17) is 22.1 Å². The number of hydrogen-bond donors (Lipinski definition) is 1. The van der Waals surface area contributed by atoms with Crippen LogP contribution in [0, 0.1) is 0 Å². The maximum atomic E-state index is 11.7. The largest absolute Gasteiger partial charge is 0.421 e. The summed E-state index contributed by atoms with van der Waals surface area (Å²) in [5.74, 6) is -1.07. The second-order valence-electron chi connectivity index (χ2n) is 3.31. The molecule has 0 saturated carbocycles. The molecule has 1 aliphatic heterocycles. The molecular weight excluding hydrogens is 280 g/mol. The Morgan fingerprint density at radius 1 is 1.33 bits per heavy atom. The van der Waals surface area contributed by atoms with Gasteiger partial charge in [0.05, 0.1) is 16.9 Å².